The minimum absolute atomic E-state index is 0.774. The van der Waals surface area contributed by atoms with Gasteiger partial charge in [0.05, 0.1) is 5.69 Å². The van der Waals surface area contributed by atoms with Crippen LogP contribution in [0.25, 0.3) is 11.3 Å². The topological polar surface area (TPSA) is 55.9 Å². The third-order valence-corrected chi connectivity index (χ3v) is 2.82. The first kappa shape index (κ1) is 9.27. The SMILES string of the molecule is Nc1cccc(-c2cn3c(n2)NCCC3)c1. The second-order valence-corrected chi connectivity index (χ2v) is 4.05. The highest BCUT2D eigenvalue weighted by atomic mass is 15.2. The Hall–Kier alpha value is -1.97. The molecule has 4 heteroatoms. The van der Waals surface area contributed by atoms with E-state index in [0.29, 0.717) is 0 Å². The number of nitrogens with zero attached hydrogens (tertiary/aromatic N) is 2. The number of fused-ring (bicyclic) bond motifs is 1. The number of nitrogens with one attached hydrogen (secondary N) is 1. The minimum Gasteiger partial charge on any atom is -0.399 e. The average Bonchev–Trinajstić information content (AvgIpc) is 2.72. The maximum atomic E-state index is 5.77. The fourth-order valence-electron chi connectivity index (χ4n) is 2.01. The van der Waals surface area contributed by atoms with Crippen LogP contribution in [0, 0.1) is 0 Å². The normalized spacial score (nSPS) is 14.2. The number of hydrogen-bond donors (Lipinski definition) is 2. The second kappa shape index (κ2) is 3.56. The summed E-state index contributed by atoms with van der Waals surface area (Å²) in [5.41, 5.74) is 8.60. The molecule has 0 aliphatic carbocycles. The molecule has 0 atom stereocenters. The lowest BCUT2D eigenvalue weighted by molar-refractivity contribution is 0.627. The molecule has 2 aromatic rings. The van der Waals surface area contributed by atoms with E-state index in [2.05, 4.69) is 21.1 Å². The summed E-state index contributed by atoms with van der Waals surface area (Å²) < 4.78 is 2.15. The molecule has 0 amide bonds. The molecule has 3 N–H and O–H groups in total. The molecule has 0 spiro atoms. The highest BCUT2D eigenvalue weighted by Gasteiger charge is 2.12. The van der Waals surface area contributed by atoms with Gasteiger partial charge in [-0.25, -0.2) is 4.98 Å². The van der Waals surface area contributed by atoms with Crippen LogP contribution < -0.4 is 11.1 Å². The molecule has 0 fully saturated rings. The third-order valence-electron chi connectivity index (χ3n) is 2.82. The summed E-state index contributed by atoms with van der Waals surface area (Å²) in [5, 5.41) is 3.29. The summed E-state index contributed by atoms with van der Waals surface area (Å²) in [4.78, 5) is 4.56. The predicted molar refractivity (Wildman–Crippen MR) is 65.2 cm³/mol. The smallest absolute Gasteiger partial charge is 0.203 e. The lowest BCUT2D eigenvalue weighted by Crippen LogP contribution is -2.16. The summed E-state index contributed by atoms with van der Waals surface area (Å²) >= 11 is 0. The predicted octanol–water partition coefficient (Wildman–Crippen LogP) is 1.95. The lowest BCUT2D eigenvalue weighted by atomic mass is 10.1. The molecule has 1 aromatic heterocycles. The number of nitrogens with two attached hydrogens (primary N) is 1. The van der Waals surface area contributed by atoms with Gasteiger partial charge in [-0.2, -0.15) is 0 Å². The van der Waals surface area contributed by atoms with Crippen molar-refractivity contribution in [3.8, 4) is 11.3 Å². The molecule has 4 nitrogen and oxygen atoms in total. The summed E-state index contributed by atoms with van der Waals surface area (Å²) in [7, 11) is 0. The Morgan fingerprint density at radius 1 is 1.38 bits per heavy atom. The van der Waals surface area contributed by atoms with E-state index in [1.54, 1.807) is 0 Å². The van der Waals surface area contributed by atoms with Gasteiger partial charge >= 0.3 is 0 Å². The molecule has 1 aliphatic rings. The first-order valence-electron chi connectivity index (χ1n) is 5.50. The number of anilines is 2. The molecular formula is C12H14N4. The van der Waals surface area contributed by atoms with Crippen molar-refractivity contribution in [1.29, 1.82) is 0 Å². The molecule has 1 aliphatic heterocycles. The fourth-order valence-corrected chi connectivity index (χ4v) is 2.01. The minimum atomic E-state index is 0.774. The van der Waals surface area contributed by atoms with Crippen molar-refractivity contribution in [3.63, 3.8) is 0 Å². The van der Waals surface area contributed by atoms with Gasteiger partial charge in [-0.3, -0.25) is 0 Å². The third kappa shape index (κ3) is 1.52. The van der Waals surface area contributed by atoms with Crippen LogP contribution in [0.2, 0.25) is 0 Å². The van der Waals surface area contributed by atoms with Crippen LogP contribution in [0.5, 0.6) is 0 Å². The summed E-state index contributed by atoms with van der Waals surface area (Å²) in [6, 6.07) is 7.83. The van der Waals surface area contributed by atoms with Crippen LogP contribution in [-0.4, -0.2) is 16.1 Å². The maximum Gasteiger partial charge on any atom is 0.203 e. The highest BCUT2D eigenvalue weighted by molar-refractivity contribution is 5.65. The number of benzene rings is 1. The number of imidazole rings is 1. The average molecular weight is 214 g/mol. The van der Waals surface area contributed by atoms with Gasteiger partial charge in [-0.15, -0.1) is 0 Å². The van der Waals surface area contributed by atoms with E-state index < -0.39 is 0 Å². The zero-order valence-electron chi connectivity index (χ0n) is 8.98. The Kier molecular flexibility index (Phi) is 2.06. The first-order valence-corrected chi connectivity index (χ1v) is 5.50. The van der Waals surface area contributed by atoms with Gasteiger partial charge in [-0.1, -0.05) is 12.1 Å². The van der Waals surface area contributed by atoms with E-state index >= 15 is 0 Å². The summed E-state index contributed by atoms with van der Waals surface area (Å²) in [6.45, 7) is 2.05. The van der Waals surface area contributed by atoms with Gasteiger partial charge in [0.2, 0.25) is 5.95 Å². The number of hydrogen-bond acceptors (Lipinski definition) is 3. The van der Waals surface area contributed by atoms with Crippen LogP contribution in [0.1, 0.15) is 6.42 Å². The quantitative estimate of drug-likeness (QED) is 0.713. The molecule has 2 heterocycles. The van der Waals surface area contributed by atoms with Crippen LogP contribution in [0.3, 0.4) is 0 Å². The molecule has 0 radical (unpaired) electrons. The van der Waals surface area contributed by atoms with E-state index in [0.717, 1.165) is 42.4 Å². The zero-order chi connectivity index (χ0) is 11.0. The van der Waals surface area contributed by atoms with Gasteiger partial charge in [0.15, 0.2) is 0 Å². The maximum absolute atomic E-state index is 5.77. The van der Waals surface area contributed by atoms with Crippen molar-refractivity contribution in [2.24, 2.45) is 0 Å². The first-order chi connectivity index (χ1) is 7.83. The van der Waals surface area contributed by atoms with E-state index in [1.165, 1.54) is 0 Å². The molecule has 0 bridgehead atoms. The molecule has 16 heavy (non-hydrogen) atoms. The van der Waals surface area contributed by atoms with Crippen molar-refractivity contribution < 1.29 is 0 Å². The Bertz CT molecular complexity index is 492. The van der Waals surface area contributed by atoms with Crippen LogP contribution in [0.15, 0.2) is 30.5 Å². The molecule has 3 rings (SSSR count). The standard InChI is InChI=1S/C12H14N4/c13-10-4-1-3-9(7-10)11-8-16-6-2-5-14-12(16)15-11/h1,3-4,7-8H,2,5-6,13H2,(H,14,15). The Labute approximate surface area is 94.1 Å². The van der Waals surface area contributed by atoms with Gasteiger partial charge in [0.25, 0.3) is 0 Å². The Morgan fingerprint density at radius 2 is 2.31 bits per heavy atom. The van der Waals surface area contributed by atoms with Gasteiger partial charge in [0, 0.05) is 30.5 Å². The van der Waals surface area contributed by atoms with E-state index in [4.69, 9.17) is 5.73 Å². The van der Waals surface area contributed by atoms with E-state index in [9.17, 15) is 0 Å². The summed E-state index contributed by atoms with van der Waals surface area (Å²) in [6.07, 6.45) is 3.23. The van der Waals surface area contributed by atoms with Gasteiger partial charge in [0.1, 0.15) is 0 Å². The number of rotatable bonds is 1. The monoisotopic (exact) mass is 214 g/mol. The Morgan fingerprint density at radius 3 is 3.12 bits per heavy atom. The number of nitrogen functional groups attached to an aromatic ring is 1. The Balaban J connectivity index is 2.03. The molecule has 0 saturated heterocycles. The van der Waals surface area contributed by atoms with Crippen molar-refractivity contribution in [2.75, 3.05) is 17.6 Å². The highest BCUT2D eigenvalue weighted by Crippen LogP contribution is 2.24. The van der Waals surface area contributed by atoms with Crippen LogP contribution in [-0.2, 0) is 6.54 Å². The van der Waals surface area contributed by atoms with Crippen molar-refractivity contribution in [1.82, 2.24) is 9.55 Å². The van der Waals surface area contributed by atoms with Crippen LogP contribution in [0.4, 0.5) is 11.6 Å². The molecular weight excluding hydrogens is 200 g/mol. The van der Waals surface area contributed by atoms with Gasteiger partial charge < -0.3 is 15.6 Å². The van der Waals surface area contributed by atoms with Crippen molar-refractivity contribution >= 4 is 11.6 Å². The molecule has 0 unspecified atom stereocenters. The second-order valence-electron chi connectivity index (χ2n) is 4.05. The van der Waals surface area contributed by atoms with E-state index in [1.807, 2.05) is 24.3 Å². The lowest BCUT2D eigenvalue weighted by Gasteiger charge is -2.14. The fraction of sp³-hybridized carbons (Fsp3) is 0.250. The van der Waals surface area contributed by atoms with E-state index in [-0.39, 0.29) is 0 Å². The van der Waals surface area contributed by atoms with Crippen LogP contribution >= 0.6 is 0 Å². The molecule has 0 saturated carbocycles. The van der Waals surface area contributed by atoms with Crippen molar-refractivity contribution in [2.45, 2.75) is 13.0 Å². The molecule has 82 valence electrons. The largest absolute Gasteiger partial charge is 0.399 e. The summed E-state index contributed by atoms with van der Waals surface area (Å²) in [5.74, 6) is 0.962. The van der Waals surface area contributed by atoms with Crippen molar-refractivity contribution in [3.05, 3.63) is 30.5 Å². The van der Waals surface area contributed by atoms with Gasteiger partial charge in [-0.05, 0) is 18.6 Å². The number of aryl methyl sites for hydroxylation is 1. The molecule has 1 aromatic carbocycles. The number of aromatic nitrogens is 2. The zero-order valence-corrected chi connectivity index (χ0v) is 8.98.